The second kappa shape index (κ2) is 11.2. The van der Waals surface area contributed by atoms with Gasteiger partial charge in [0.05, 0.1) is 11.1 Å². The highest BCUT2D eigenvalue weighted by molar-refractivity contribution is 6.16. The number of fused-ring (bicyclic) bond motifs is 9. The monoisotopic (exact) mass is 679 g/mol. The Labute approximate surface area is 306 Å². The van der Waals surface area contributed by atoms with Crippen LogP contribution in [0.25, 0.3) is 56.0 Å². The molecule has 2 heterocycles. The van der Waals surface area contributed by atoms with Crippen molar-refractivity contribution >= 4 is 73.1 Å². The fraction of sp³-hybridized carbons (Fsp3) is 0.224. The third kappa shape index (κ3) is 5.01. The van der Waals surface area contributed by atoms with E-state index in [9.17, 15) is 0 Å². The van der Waals surface area contributed by atoms with Crippen molar-refractivity contribution in [2.75, 3.05) is 4.90 Å². The highest BCUT2D eigenvalue weighted by Gasteiger charge is 2.34. The van der Waals surface area contributed by atoms with Gasteiger partial charge in [0.2, 0.25) is 0 Å². The second-order valence-electron chi connectivity index (χ2n) is 17.1. The number of hydrogen-bond donors (Lipinski definition) is 0. The number of rotatable bonds is 3. The average molecular weight is 680 g/mol. The maximum absolute atomic E-state index is 6.91. The zero-order valence-electron chi connectivity index (χ0n) is 31.4. The first-order chi connectivity index (χ1) is 24.8. The fourth-order valence-corrected chi connectivity index (χ4v) is 8.19. The van der Waals surface area contributed by atoms with Gasteiger partial charge in [-0.15, -0.1) is 0 Å². The molecule has 6 aromatic carbocycles. The van der Waals surface area contributed by atoms with E-state index in [0.29, 0.717) is 0 Å². The van der Waals surface area contributed by atoms with Crippen LogP contribution >= 0.6 is 0 Å². The van der Waals surface area contributed by atoms with E-state index in [-0.39, 0.29) is 16.2 Å². The molecule has 2 aromatic heterocycles. The summed E-state index contributed by atoms with van der Waals surface area (Å²) in [6, 6.07) is 42.0. The van der Waals surface area contributed by atoms with E-state index in [2.05, 4.69) is 182 Å². The summed E-state index contributed by atoms with van der Waals surface area (Å²) in [6.07, 6.45) is 4.50. The smallest absolute Gasteiger partial charge is 0.145 e. The van der Waals surface area contributed by atoms with Gasteiger partial charge in [-0.05, 0) is 93.2 Å². The number of anilines is 3. The molecule has 0 aliphatic heterocycles. The Bertz CT molecular complexity index is 2650. The van der Waals surface area contributed by atoms with E-state index in [0.717, 1.165) is 72.1 Å². The van der Waals surface area contributed by atoms with Crippen LogP contribution in [-0.4, -0.2) is 0 Å². The maximum Gasteiger partial charge on any atom is 0.145 e. The molecule has 3 nitrogen and oxygen atoms in total. The lowest BCUT2D eigenvalue weighted by atomic mass is 9.74. The normalized spacial score (nSPS) is 14.2. The van der Waals surface area contributed by atoms with E-state index in [1.807, 2.05) is 6.07 Å². The molecule has 0 fully saturated rings. The van der Waals surface area contributed by atoms with Crippen LogP contribution in [0.15, 0.2) is 124 Å². The fourth-order valence-electron chi connectivity index (χ4n) is 8.19. The van der Waals surface area contributed by atoms with E-state index in [4.69, 9.17) is 8.83 Å². The minimum atomic E-state index is -0.375. The van der Waals surface area contributed by atoms with Crippen molar-refractivity contribution in [3.05, 3.63) is 149 Å². The molecule has 0 saturated heterocycles. The third-order valence-corrected chi connectivity index (χ3v) is 11.2. The molecule has 8 aromatic rings. The molecular formula is C49H45NO2. The molecule has 52 heavy (non-hydrogen) atoms. The Balaban J connectivity index is 1.35. The van der Waals surface area contributed by atoms with Gasteiger partial charge in [0.15, 0.2) is 0 Å². The summed E-state index contributed by atoms with van der Waals surface area (Å²) < 4.78 is 13.3. The first kappa shape index (κ1) is 32.4. The molecule has 0 unspecified atom stereocenters. The predicted octanol–water partition coefficient (Wildman–Crippen LogP) is 14.4. The minimum Gasteiger partial charge on any atom is -0.456 e. The van der Waals surface area contributed by atoms with Crippen molar-refractivity contribution in [2.45, 2.75) is 71.6 Å². The van der Waals surface area contributed by atoms with Crippen molar-refractivity contribution in [2.24, 2.45) is 0 Å². The maximum atomic E-state index is 6.91. The lowest BCUT2D eigenvalue weighted by Crippen LogP contribution is -2.22. The van der Waals surface area contributed by atoms with Crippen LogP contribution in [0, 0.1) is 0 Å². The van der Waals surface area contributed by atoms with Crippen LogP contribution in [0.3, 0.4) is 0 Å². The van der Waals surface area contributed by atoms with Crippen molar-refractivity contribution < 1.29 is 8.83 Å². The number of nitrogens with zero attached hydrogens (tertiary/aromatic N) is 1. The summed E-state index contributed by atoms with van der Waals surface area (Å²) >= 11 is 0. The van der Waals surface area contributed by atoms with Gasteiger partial charge < -0.3 is 13.7 Å². The van der Waals surface area contributed by atoms with Crippen LogP contribution < -0.4 is 4.90 Å². The number of hydrogen-bond acceptors (Lipinski definition) is 3. The highest BCUT2D eigenvalue weighted by Crippen LogP contribution is 2.51. The van der Waals surface area contributed by atoms with Gasteiger partial charge in [-0.25, -0.2) is 0 Å². The van der Waals surface area contributed by atoms with Gasteiger partial charge in [0.1, 0.15) is 22.3 Å². The van der Waals surface area contributed by atoms with Gasteiger partial charge in [-0.2, -0.15) is 0 Å². The topological polar surface area (TPSA) is 29.5 Å². The lowest BCUT2D eigenvalue weighted by Gasteiger charge is -2.32. The lowest BCUT2D eigenvalue weighted by molar-refractivity contribution is 0.590. The van der Waals surface area contributed by atoms with Crippen molar-refractivity contribution in [3.63, 3.8) is 0 Å². The summed E-state index contributed by atoms with van der Waals surface area (Å²) in [5.41, 5.74) is 14.0. The zero-order chi connectivity index (χ0) is 36.2. The Kier molecular flexibility index (Phi) is 6.99. The van der Waals surface area contributed by atoms with Crippen LogP contribution in [0.2, 0.25) is 0 Å². The summed E-state index contributed by atoms with van der Waals surface area (Å²) in [7, 11) is 0. The molecule has 258 valence electrons. The number of furan rings is 2. The molecule has 0 spiro atoms. The minimum absolute atomic E-state index is 0.0469. The van der Waals surface area contributed by atoms with Crippen molar-refractivity contribution in [1.82, 2.24) is 0 Å². The number of para-hydroxylation sites is 2. The zero-order valence-corrected chi connectivity index (χ0v) is 31.4. The Morgan fingerprint density at radius 1 is 0.519 bits per heavy atom. The molecule has 1 aliphatic carbocycles. The predicted molar refractivity (Wildman–Crippen MR) is 221 cm³/mol. The van der Waals surface area contributed by atoms with Gasteiger partial charge >= 0.3 is 0 Å². The van der Waals surface area contributed by atoms with Gasteiger partial charge in [0, 0.05) is 38.5 Å². The molecule has 1 aliphatic rings. The van der Waals surface area contributed by atoms with E-state index >= 15 is 0 Å². The molecular weight excluding hydrogens is 635 g/mol. The highest BCUT2D eigenvalue weighted by atomic mass is 16.3. The first-order valence-corrected chi connectivity index (χ1v) is 18.4. The van der Waals surface area contributed by atoms with Crippen LogP contribution in [0.1, 0.15) is 88.8 Å². The largest absolute Gasteiger partial charge is 0.456 e. The first-order valence-electron chi connectivity index (χ1n) is 18.4. The Morgan fingerprint density at radius 3 is 1.67 bits per heavy atom. The second-order valence-corrected chi connectivity index (χ2v) is 17.1. The standard InChI is InChI=1S/C49H45NO2/c1-47(2,3)31-18-22-33(23-19-31)50(34-24-20-32(21-25-34)48(4,5)6)41-29-40-36(46-45(41)37-14-10-12-16-43(37)52-46)26-17-30-27-44-38(28-39(30)49(40,7)8)35-13-9-11-15-42(35)51-44/h9-29H,1-8H3. The Hall–Kier alpha value is -5.54. The molecule has 0 N–H and O–H groups in total. The van der Waals surface area contributed by atoms with Crippen molar-refractivity contribution in [3.8, 4) is 0 Å². The molecule has 9 rings (SSSR count). The Morgan fingerprint density at radius 2 is 1.08 bits per heavy atom. The molecule has 0 amide bonds. The number of benzene rings is 6. The van der Waals surface area contributed by atoms with E-state index < -0.39 is 0 Å². The van der Waals surface area contributed by atoms with Crippen LogP contribution in [0.5, 0.6) is 0 Å². The van der Waals surface area contributed by atoms with E-state index in [1.165, 1.54) is 22.3 Å². The molecule has 0 saturated carbocycles. The molecule has 0 atom stereocenters. The third-order valence-electron chi connectivity index (χ3n) is 11.2. The summed E-state index contributed by atoms with van der Waals surface area (Å²) in [5, 5.41) is 4.50. The average Bonchev–Trinajstić information content (AvgIpc) is 3.66. The molecule has 0 radical (unpaired) electrons. The van der Waals surface area contributed by atoms with Crippen molar-refractivity contribution in [1.29, 1.82) is 0 Å². The van der Waals surface area contributed by atoms with Gasteiger partial charge in [-0.1, -0.05) is 128 Å². The van der Waals surface area contributed by atoms with Crippen LogP contribution in [0.4, 0.5) is 17.1 Å². The SMILES string of the molecule is CC(C)(C)c1ccc(N(c2ccc(C(C)(C)C)cc2)c2cc3c(c4oc5ccccc5c24)C=Cc2cc4oc5ccccc5c4cc2C3(C)C)cc1. The summed E-state index contributed by atoms with van der Waals surface area (Å²) in [5.74, 6) is 0. The molecule has 0 bridgehead atoms. The quantitative estimate of drug-likeness (QED) is 0.186. The van der Waals surface area contributed by atoms with E-state index in [1.54, 1.807) is 0 Å². The van der Waals surface area contributed by atoms with Gasteiger partial charge in [-0.3, -0.25) is 0 Å². The summed E-state index contributed by atoms with van der Waals surface area (Å²) in [4.78, 5) is 2.43. The van der Waals surface area contributed by atoms with Crippen LogP contribution in [-0.2, 0) is 16.2 Å². The van der Waals surface area contributed by atoms with Gasteiger partial charge in [0.25, 0.3) is 0 Å². The summed E-state index contributed by atoms with van der Waals surface area (Å²) in [6.45, 7) is 18.3. The molecule has 3 heteroatoms.